The molecule has 0 amide bonds. The van der Waals surface area contributed by atoms with Crippen molar-refractivity contribution in [3.8, 4) is 0 Å². The Balaban J connectivity index is 3.42. The third-order valence-corrected chi connectivity index (χ3v) is 4.56. The second-order valence-corrected chi connectivity index (χ2v) is 7.04. The summed E-state index contributed by atoms with van der Waals surface area (Å²) in [7, 11) is 0. The largest absolute Gasteiger partial charge is 0.481 e. The molecule has 0 aromatic rings. The van der Waals surface area contributed by atoms with Crippen LogP contribution in [0.1, 0.15) is 96.8 Å². The zero-order valence-electron chi connectivity index (χ0n) is 15.5. The van der Waals surface area contributed by atoms with Crippen LogP contribution in [0.3, 0.4) is 0 Å². The molecule has 3 unspecified atom stereocenters. The predicted octanol–water partition coefficient (Wildman–Crippen LogP) is 3.60. The van der Waals surface area contributed by atoms with Crippen molar-refractivity contribution in [2.45, 2.75) is 115 Å². The number of hydrogen-bond acceptors (Lipinski definition) is 4. The van der Waals surface area contributed by atoms with E-state index in [2.05, 4.69) is 6.92 Å². The molecule has 5 heteroatoms. The standard InChI is InChI=1S/C19H39NO4/c1-2-3-4-5-6-7-8-9-10-11-12-13-16(21)14-18(22)17(20)15-19(23)24/h16-18,21-22H,2-15,20H2,1H3,(H,23,24). The van der Waals surface area contributed by atoms with E-state index in [9.17, 15) is 15.0 Å². The fourth-order valence-corrected chi connectivity index (χ4v) is 2.95. The maximum atomic E-state index is 10.5. The van der Waals surface area contributed by atoms with Crippen LogP contribution in [0, 0.1) is 0 Å². The van der Waals surface area contributed by atoms with Crippen molar-refractivity contribution >= 4 is 5.97 Å². The Morgan fingerprint density at radius 2 is 1.33 bits per heavy atom. The molecule has 3 atom stereocenters. The maximum Gasteiger partial charge on any atom is 0.305 e. The first-order valence-electron chi connectivity index (χ1n) is 9.80. The fourth-order valence-electron chi connectivity index (χ4n) is 2.95. The lowest BCUT2D eigenvalue weighted by Crippen LogP contribution is -2.38. The minimum Gasteiger partial charge on any atom is -0.481 e. The molecule has 0 fully saturated rings. The van der Waals surface area contributed by atoms with Crippen molar-refractivity contribution in [1.82, 2.24) is 0 Å². The monoisotopic (exact) mass is 345 g/mol. The molecule has 0 aromatic heterocycles. The number of rotatable bonds is 17. The highest BCUT2D eigenvalue weighted by atomic mass is 16.4. The molecule has 0 saturated heterocycles. The Hall–Kier alpha value is -0.650. The molecule has 5 N–H and O–H groups in total. The van der Waals surface area contributed by atoms with Gasteiger partial charge in [-0.1, -0.05) is 77.6 Å². The predicted molar refractivity (Wildman–Crippen MR) is 97.9 cm³/mol. The quantitative estimate of drug-likeness (QED) is 0.302. The molecule has 0 saturated carbocycles. The Kier molecular flexibility index (Phi) is 15.4. The Bertz CT molecular complexity index is 299. The van der Waals surface area contributed by atoms with Crippen molar-refractivity contribution in [1.29, 1.82) is 0 Å². The zero-order valence-corrected chi connectivity index (χ0v) is 15.5. The summed E-state index contributed by atoms with van der Waals surface area (Å²) >= 11 is 0. The van der Waals surface area contributed by atoms with Gasteiger partial charge >= 0.3 is 5.97 Å². The summed E-state index contributed by atoms with van der Waals surface area (Å²) in [6.07, 6.45) is 12.9. The summed E-state index contributed by atoms with van der Waals surface area (Å²) in [4.78, 5) is 10.5. The highest BCUT2D eigenvalue weighted by molar-refractivity contribution is 5.67. The molecule has 0 aromatic carbocycles. The Morgan fingerprint density at radius 1 is 0.875 bits per heavy atom. The first-order chi connectivity index (χ1) is 11.5. The van der Waals surface area contributed by atoms with Gasteiger partial charge in [-0.25, -0.2) is 0 Å². The number of carbonyl (C=O) groups is 1. The van der Waals surface area contributed by atoms with Gasteiger partial charge in [0.15, 0.2) is 0 Å². The summed E-state index contributed by atoms with van der Waals surface area (Å²) in [5, 5.41) is 28.3. The van der Waals surface area contributed by atoms with E-state index in [0.717, 1.165) is 12.8 Å². The normalized spacial score (nSPS) is 15.2. The van der Waals surface area contributed by atoms with E-state index in [0.29, 0.717) is 6.42 Å². The summed E-state index contributed by atoms with van der Waals surface area (Å²) in [5.41, 5.74) is 5.59. The minimum absolute atomic E-state index is 0.159. The average molecular weight is 346 g/mol. The molecular formula is C19H39NO4. The lowest BCUT2D eigenvalue weighted by atomic mass is 9.98. The molecule has 0 aliphatic rings. The molecule has 0 aliphatic heterocycles. The molecule has 24 heavy (non-hydrogen) atoms. The Morgan fingerprint density at radius 3 is 1.79 bits per heavy atom. The molecule has 0 bridgehead atoms. The van der Waals surface area contributed by atoms with Gasteiger partial charge in [-0.3, -0.25) is 4.79 Å². The number of nitrogens with two attached hydrogens (primary N) is 1. The first kappa shape index (κ1) is 23.4. The topological polar surface area (TPSA) is 104 Å². The SMILES string of the molecule is CCCCCCCCCCCCCC(O)CC(O)C(N)CC(=O)O. The van der Waals surface area contributed by atoms with Crippen LogP contribution in [-0.4, -0.2) is 39.5 Å². The first-order valence-corrected chi connectivity index (χ1v) is 9.80. The Labute approximate surface area is 147 Å². The number of carboxylic acid groups (broad SMARTS) is 1. The van der Waals surface area contributed by atoms with E-state index in [-0.39, 0.29) is 12.8 Å². The van der Waals surface area contributed by atoms with E-state index < -0.39 is 24.2 Å². The van der Waals surface area contributed by atoms with Gasteiger partial charge in [0.2, 0.25) is 0 Å². The zero-order chi connectivity index (χ0) is 18.2. The summed E-state index contributed by atoms with van der Waals surface area (Å²) in [6.45, 7) is 2.24. The van der Waals surface area contributed by atoms with Gasteiger partial charge in [-0.15, -0.1) is 0 Å². The van der Waals surface area contributed by atoms with E-state index in [4.69, 9.17) is 10.8 Å². The molecule has 0 radical (unpaired) electrons. The van der Waals surface area contributed by atoms with Crippen LogP contribution >= 0.6 is 0 Å². The number of carboxylic acids is 1. The van der Waals surface area contributed by atoms with E-state index >= 15 is 0 Å². The molecule has 144 valence electrons. The summed E-state index contributed by atoms with van der Waals surface area (Å²) < 4.78 is 0. The fraction of sp³-hybridized carbons (Fsp3) is 0.947. The summed E-state index contributed by atoms with van der Waals surface area (Å²) in [5.74, 6) is -1.03. The molecule has 0 rings (SSSR count). The average Bonchev–Trinajstić information content (AvgIpc) is 2.51. The van der Waals surface area contributed by atoms with Crippen LogP contribution in [-0.2, 0) is 4.79 Å². The van der Waals surface area contributed by atoms with Crippen molar-refractivity contribution in [3.05, 3.63) is 0 Å². The van der Waals surface area contributed by atoms with Crippen LogP contribution in [0.2, 0.25) is 0 Å². The second kappa shape index (κ2) is 15.9. The smallest absolute Gasteiger partial charge is 0.305 e. The van der Waals surface area contributed by atoms with Gasteiger partial charge in [0.05, 0.1) is 18.6 Å². The maximum absolute atomic E-state index is 10.5. The van der Waals surface area contributed by atoms with Gasteiger partial charge in [0.25, 0.3) is 0 Å². The number of hydrogen-bond donors (Lipinski definition) is 4. The lowest BCUT2D eigenvalue weighted by molar-refractivity contribution is -0.138. The van der Waals surface area contributed by atoms with Crippen LogP contribution in [0.4, 0.5) is 0 Å². The van der Waals surface area contributed by atoms with Crippen molar-refractivity contribution < 1.29 is 20.1 Å². The van der Waals surface area contributed by atoms with Crippen LogP contribution in [0.15, 0.2) is 0 Å². The summed E-state index contributed by atoms with van der Waals surface area (Å²) in [6, 6.07) is -0.811. The van der Waals surface area contributed by atoms with Gasteiger partial charge in [0, 0.05) is 12.5 Å². The number of aliphatic carboxylic acids is 1. The van der Waals surface area contributed by atoms with Crippen LogP contribution in [0.25, 0.3) is 0 Å². The molecule has 0 aliphatic carbocycles. The third-order valence-electron chi connectivity index (χ3n) is 4.56. The van der Waals surface area contributed by atoms with E-state index in [1.54, 1.807) is 0 Å². The highest BCUT2D eigenvalue weighted by Crippen LogP contribution is 2.14. The van der Waals surface area contributed by atoms with E-state index in [1.165, 1.54) is 57.8 Å². The molecule has 0 spiro atoms. The number of aliphatic hydroxyl groups is 2. The van der Waals surface area contributed by atoms with Gasteiger partial charge < -0.3 is 21.1 Å². The molecule has 5 nitrogen and oxygen atoms in total. The van der Waals surface area contributed by atoms with Gasteiger partial charge in [-0.05, 0) is 6.42 Å². The van der Waals surface area contributed by atoms with Crippen molar-refractivity contribution in [2.24, 2.45) is 5.73 Å². The minimum atomic E-state index is -1.03. The van der Waals surface area contributed by atoms with Crippen LogP contribution in [0.5, 0.6) is 0 Å². The number of unbranched alkanes of at least 4 members (excludes halogenated alkanes) is 10. The molecule has 0 heterocycles. The van der Waals surface area contributed by atoms with Gasteiger partial charge in [-0.2, -0.15) is 0 Å². The van der Waals surface area contributed by atoms with Crippen LogP contribution < -0.4 is 5.73 Å². The van der Waals surface area contributed by atoms with E-state index in [1.807, 2.05) is 0 Å². The second-order valence-electron chi connectivity index (χ2n) is 7.04. The van der Waals surface area contributed by atoms with Crippen molar-refractivity contribution in [3.63, 3.8) is 0 Å². The lowest BCUT2D eigenvalue weighted by Gasteiger charge is -2.20. The molecular weight excluding hydrogens is 306 g/mol. The van der Waals surface area contributed by atoms with Crippen molar-refractivity contribution in [2.75, 3.05) is 0 Å². The number of aliphatic hydroxyl groups excluding tert-OH is 2. The third kappa shape index (κ3) is 14.9. The van der Waals surface area contributed by atoms with Gasteiger partial charge in [0.1, 0.15) is 0 Å². The highest BCUT2D eigenvalue weighted by Gasteiger charge is 2.20.